The smallest absolute Gasteiger partial charge is 0.311 e. The van der Waals surface area contributed by atoms with Crippen LogP contribution in [-0.4, -0.2) is 32.6 Å². The average molecular weight is 341 g/mol. The highest BCUT2D eigenvalue weighted by atomic mass is 16.6. The van der Waals surface area contributed by atoms with E-state index in [0.717, 1.165) is 37.3 Å². The van der Waals surface area contributed by atoms with Gasteiger partial charge in [0, 0.05) is 49.9 Å². The van der Waals surface area contributed by atoms with Crippen LogP contribution in [0.1, 0.15) is 23.6 Å². The van der Waals surface area contributed by atoms with Gasteiger partial charge >= 0.3 is 5.69 Å². The van der Waals surface area contributed by atoms with E-state index in [0.29, 0.717) is 18.4 Å². The minimum absolute atomic E-state index is 0.0646. The van der Waals surface area contributed by atoms with Crippen LogP contribution in [0.2, 0.25) is 0 Å². The highest BCUT2D eigenvalue weighted by molar-refractivity contribution is 5.47. The maximum absolute atomic E-state index is 12.1. The summed E-state index contributed by atoms with van der Waals surface area (Å²) in [5.74, 6) is 0.421. The highest BCUT2D eigenvalue weighted by Crippen LogP contribution is 2.36. The Labute approximate surface area is 144 Å². The van der Waals surface area contributed by atoms with Crippen LogP contribution in [0, 0.1) is 16.0 Å². The van der Waals surface area contributed by atoms with Crippen LogP contribution in [-0.2, 0) is 13.1 Å². The molecule has 1 N–H and O–H groups in total. The summed E-state index contributed by atoms with van der Waals surface area (Å²) in [5, 5.41) is 20.6. The molecular weight excluding hydrogens is 322 g/mol. The monoisotopic (exact) mass is 341 g/mol. The molecule has 0 unspecified atom stereocenters. The molecule has 1 aromatic carbocycles. The van der Waals surface area contributed by atoms with Crippen molar-refractivity contribution in [2.24, 2.45) is 5.92 Å². The number of nitro groups is 1. The van der Waals surface area contributed by atoms with E-state index in [1.54, 1.807) is 12.1 Å². The van der Waals surface area contributed by atoms with Crippen molar-refractivity contribution in [2.75, 3.05) is 13.1 Å². The Morgan fingerprint density at radius 1 is 1.20 bits per heavy atom. The zero-order chi connectivity index (χ0) is 17.6. The molecule has 0 aliphatic carbocycles. The Balaban J connectivity index is 1.56. The predicted molar refractivity (Wildman–Crippen MR) is 91.6 cm³/mol. The standard InChI is InChI=1S/C18H19N3O4/c22-17-5-4-12(7-16(17)21(24)25)8-19-9-13-6-14(11-19)15-2-1-3-18(23)20(15)10-13/h1-5,7,13-14,22H,6,8-11H2/t13-,14-/m0/s1. The summed E-state index contributed by atoms with van der Waals surface area (Å²) in [7, 11) is 0. The third-order valence-corrected chi connectivity index (χ3v) is 5.20. The van der Waals surface area contributed by atoms with E-state index in [1.807, 2.05) is 16.7 Å². The van der Waals surface area contributed by atoms with Gasteiger partial charge in [-0.2, -0.15) is 0 Å². The first-order valence-electron chi connectivity index (χ1n) is 8.39. The summed E-state index contributed by atoms with van der Waals surface area (Å²) in [5.41, 5.74) is 1.71. The van der Waals surface area contributed by atoms with Gasteiger partial charge in [-0.05, 0) is 30.0 Å². The second kappa shape index (κ2) is 6.00. The lowest BCUT2D eigenvalue weighted by atomic mass is 9.83. The molecule has 4 rings (SSSR count). The van der Waals surface area contributed by atoms with Crippen LogP contribution < -0.4 is 5.56 Å². The molecule has 130 valence electrons. The molecule has 1 fully saturated rings. The van der Waals surface area contributed by atoms with Crippen molar-refractivity contribution in [3.05, 3.63) is 68.1 Å². The number of likely N-dealkylation sites (tertiary alicyclic amines) is 1. The molecule has 0 saturated carbocycles. The number of phenols is 1. The lowest BCUT2D eigenvalue weighted by Crippen LogP contribution is -2.46. The van der Waals surface area contributed by atoms with Gasteiger partial charge in [0.05, 0.1) is 4.92 Å². The molecule has 7 nitrogen and oxygen atoms in total. The van der Waals surface area contributed by atoms with Gasteiger partial charge in [-0.25, -0.2) is 0 Å². The van der Waals surface area contributed by atoms with Gasteiger partial charge in [-0.3, -0.25) is 19.8 Å². The molecule has 2 aromatic rings. The molecule has 0 radical (unpaired) electrons. The first-order valence-corrected chi connectivity index (χ1v) is 8.39. The summed E-state index contributed by atoms with van der Waals surface area (Å²) in [6.07, 6.45) is 1.08. The fourth-order valence-corrected chi connectivity index (χ4v) is 4.20. The van der Waals surface area contributed by atoms with Crippen molar-refractivity contribution in [1.82, 2.24) is 9.47 Å². The van der Waals surface area contributed by atoms with E-state index in [-0.39, 0.29) is 17.0 Å². The van der Waals surface area contributed by atoms with Crippen LogP contribution in [0.3, 0.4) is 0 Å². The van der Waals surface area contributed by atoms with Crippen molar-refractivity contribution < 1.29 is 10.0 Å². The largest absolute Gasteiger partial charge is 0.502 e. The fourth-order valence-electron chi connectivity index (χ4n) is 4.20. The van der Waals surface area contributed by atoms with Crippen LogP contribution in [0.4, 0.5) is 5.69 Å². The molecule has 2 aliphatic heterocycles. The molecule has 7 heteroatoms. The van der Waals surface area contributed by atoms with Gasteiger partial charge in [0.15, 0.2) is 5.75 Å². The number of phenolic OH excluding ortho intramolecular Hbond substituents is 1. The van der Waals surface area contributed by atoms with E-state index in [2.05, 4.69) is 4.90 Å². The number of aromatic nitrogens is 1. The summed E-state index contributed by atoms with van der Waals surface area (Å²) in [4.78, 5) is 24.8. The number of nitrogens with zero attached hydrogens (tertiary/aromatic N) is 3. The molecule has 1 aromatic heterocycles. The quantitative estimate of drug-likeness (QED) is 0.682. The number of rotatable bonds is 3. The van der Waals surface area contributed by atoms with Gasteiger partial charge < -0.3 is 9.67 Å². The van der Waals surface area contributed by atoms with Crippen LogP contribution in [0.5, 0.6) is 5.75 Å². The number of benzene rings is 1. The maximum Gasteiger partial charge on any atom is 0.311 e. The molecule has 3 heterocycles. The number of hydrogen-bond donors (Lipinski definition) is 1. The Hall–Kier alpha value is -2.67. The van der Waals surface area contributed by atoms with E-state index >= 15 is 0 Å². The molecule has 2 bridgehead atoms. The molecular formula is C18H19N3O4. The lowest BCUT2D eigenvalue weighted by molar-refractivity contribution is -0.385. The topological polar surface area (TPSA) is 88.6 Å². The second-order valence-electron chi connectivity index (χ2n) is 6.97. The molecule has 25 heavy (non-hydrogen) atoms. The zero-order valence-corrected chi connectivity index (χ0v) is 13.7. The molecule has 2 atom stereocenters. The van der Waals surface area contributed by atoms with Crippen molar-refractivity contribution in [2.45, 2.75) is 25.4 Å². The normalized spacial score (nSPS) is 22.4. The van der Waals surface area contributed by atoms with Gasteiger partial charge in [0.1, 0.15) is 0 Å². The number of piperidine rings is 1. The highest BCUT2D eigenvalue weighted by Gasteiger charge is 2.34. The van der Waals surface area contributed by atoms with Crippen LogP contribution in [0.25, 0.3) is 0 Å². The minimum Gasteiger partial charge on any atom is -0.502 e. The molecule has 0 amide bonds. The Morgan fingerprint density at radius 3 is 2.84 bits per heavy atom. The third kappa shape index (κ3) is 2.91. The van der Waals surface area contributed by atoms with E-state index < -0.39 is 4.92 Å². The minimum atomic E-state index is -0.563. The van der Waals surface area contributed by atoms with E-state index in [4.69, 9.17) is 0 Å². The second-order valence-corrected chi connectivity index (χ2v) is 6.97. The average Bonchev–Trinajstić information content (AvgIpc) is 2.57. The lowest BCUT2D eigenvalue weighted by Gasteiger charge is -2.42. The molecule has 2 aliphatic rings. The SMILES string of the molecule is O=c1cccc2n1C[C@H]1C[C@H]2CN(Cc2ccc(O)c([N+](=O)[O-])c2)C1. The summed E-state index contributed by atoms with van der Waals surface area (Å²) >= 11 is 0. The van der Waals surface area contributed by atoms with Gasteiger partial charge in [-0.1, -0.05) is 12.1 Å². The third-order valence-electron chi connectivity index (χ3n) is 5.20. The first kappa shape index (κ1) is 15.8. The molecule has 0 spiro atoms. The number of fused-ring (bicyclic) bond motifs is 4. The predicted octanol–water partition coefficient (Wildman–Crippen LogP) is 2.08. The Bertz CT molecular complexity index is 892. The van der Waals surface area contributed by atoms with E-state index in [1.165, 1.54) is 12.1 Å². The van der Waals surface area contributed by atoms with Crippen LogP contribution >= 0.6 is 0 Å². The number of pyridine rings is 1. The summed E-state index contributed by atoms with van der Waals surface area (Å²) in [6.45, 7) is 3.03. The van der Waals surface area contributed by atoms with Crippen molar-refractivity contribution in [3.8, 4) is 5.75 Å². The van der Waals surface area contributed by atoms with Crippen LogP contribution in [0.15, 0.2) is 41.2 Å². The van der Waals surface area contributed by atoms with Crippen molar-refractivity contribution >= 4 is 5.69 Å². The van der Waals surface area contributed by atoms with Crippen molar-refractivity contribution in [3.63, 3.8) is 0 Å². The van der Waals surface area contributed by atoms with Crippen molar-refractivity contribution in [1.29, 1.82) is 0 Å². The van der Waals surface area contributed by atoms with E-state index in [9.17, 15) is 20.0 Å². The number of aromatic hydroxyl groups is 1. The Morgan fingerprint density at radius 2 is 2.04 bits per heavy atom. The number of hydrogen-bond acceptors (Lipinski definition) is 5. The molecule has 1 saturated heterocycles. The number of nitro benzene ring substituents is 1. The fraction of sp³-hybridized carbons (Fsp3) is 0.389. The summed E-state index contributed by atoms with van der Waals surface area (Å²) < 4.78 is 1.89. The van der Waals surface area contributed by atoms with Gasteiger partial charge in [0.25, 0.3) is 5.56 Å². The Kier molecular flexibility index (Phi) is 3.80. The van der Waals surface area contributed by atoms with Gasteiger partial charge in [0.2, 0.25) is 0 Å². The van der Waals surface area contributed by atoms with Gasteiger partial charge in [-0.15, -0.1) is 0 Å². The first-order chi connectivity index (χ1) is 12.0. The zero-order valence-electron chi connectivity index (χ0n) is 13.7. The summed E-state index contributed by atoms with van der Waals surface area (Å²) in [6, 6.07) is 10.0. The maximum atomic E-state index is 12.1.